The number of nitriles is 1. The Hall–Kier alpha value is -2.62. The summed E-state index contributed by atoms with van der Waals surface area (Å²) >= 11 is 7.94. The van der Waals surface area contributed by atoms with Gasteiger partial charge < -0.3 is 14.2 Å². The molecule has 0 atom stereocenters. The Balaban J connectivity index is 1.81. The lowest BCUT2D eigenvalue weighted by atomic mass is 10.1. The molecule has 0 amide bonds. The summed E-state index contributed by atoms with van der Waals surface area (Å²) in [7, 11) is 3.98. The monoisotopic (exact) mass is 396 g/mol. The zero-order valence-corrected chi connectivity index (χ0v) is 16.5. The highest BCUT2D eigenvalue weighted by Gasteiger charge is 2.25. The Morgan fingerprint density at radius 1 is 1.33 bits per heavy atom. The van der Waals surface area contributed by atoms with Crippen LogP contribution in [0.3, 0.4) is 0 Å². The van der Waals surface area contributed by atoms with Gasteiger partial charge in [-0.2, -0.15) is 5.26 Å². The second-order valence-corrected chi connectivity index (χ2v) is 8.06. The summed E-state index contributed by atoms with van der Waals surface area (Å²) in [6.07, 6.45) is 2.44. The van der Waals surface area contributed by atoms with Gasteiger partial charge in [0.25, 0.3) is 5.56 Å². The van der Waals surface area contributed by atoms with E-state index in [1.807, 2.05) is 43.3 Å². The maximum absolute atomic E-state index is 12.1. The minimum atomic E-state index is -0.152. The molecule has 5 nitrogen and oxygen atoms in total. The van der Waals surface area contributed by atoms with E-state index in [4.69, 9.17) is 11.6 Å². The summed E-state index contributed by atoms with van der Waals surface area (Å²) in [5.74, 6) is 0. The Bertz CT molecular complexity index is 1150. The molecule has 1 aliphatic rings. The van der Waals surface area contributed by atoms with Gasteiger partial charge in [-0.05, 0) is 42.6 Å². The van der Waals surface area contributed by atoms with Crippen LogP contribution in [0.2, 0.25) is 5.02 Å². The molecule has 2 heterocycles. The third-order valence-electron chi connectivity index (χ3n) is 4.70. The molecule has 0 spiro atoms. The molecule has 1 aliphatic heterocycles. The number of aromatic nitrogens is 1. The molecule has 2 aromatic carbocycles. The summed E-state index contributed by atoms with van der Waals surface area (Å²) in [5.41, 5.74) is 3.83. The number of hydrogen-bond acceptors (Lipinski definition) is 5. The number of nitrogens with zero attached hydrogens (tertiary/aromatic N) is 3. The van der Waals surface area contributed by atoms with Crippen molar-refractivity contribution in [3.8, 4) is 6.07 Å². The van der Waals surface area contributed by atoms with Crippen molar-refractivity contribution in [1.82, 2.24) is 4.98 Å². The van der Waals surface area contributed by atoms with E-state index in [-0.39, 0.29) is 5.56 Å². The molecule has 0 bridgehead atoms. The van der Waals surface area contributed by atoms with E-state index >= 15 is 0 Å². The van der Waals surface area contributed by atoms with Crippen molar-refractivity contribution >= 4 is 45.7 Å². The topological polar surface area (TPSA) is 63.1 Å². The Morgan fingerprint density at radius 3 is 2.89 bits per heavy atom. The Kier molecular flexibility index (Phi) is 4.50. The van der Waals surface area contributed by atoms with Gasteiger partial charge in [0, 0.05) is 53.8 Å². The second-order valence-electron chi connectivity index (χ2n) is 6.59. The Morgan fingerprint density at radius 2 is 2.15 bits per heavy atom. The van der Waals surface area contributed by atoms with E-state index in [2.05, 4.69) is 15.4 Å². The third kappa shape index (κ3) is 3.03. The lowest BCUT2D eigenvalue weighted by molar-refractivity contribution is 1.03. The minimum absolute atomic E-state index is 0.152. The normalized spacial score (nSPS) is 12.9. The highest BCUT2D eigenvalue weighted by Crippen LogP contribution is 2.43. The number of aromatic amines is 1. The van der Waals surface area contributed by atoms with Crippen LogP contribution < -0.4 is 14.8 Å². The fourth-order valence-electron chi connectivity index (χ4n) is 3.45. The maximum Gasteiger partial charge on any atom is 0.255 e. The van der Waals surface area contributed by atoms with Gasteiger partial charge in [0.05, 0.1) is 22.3 Å². The smallest absolute Gasteiger partial charge is 0.255 e. The molecule has 0 unspecified atom stereocenters. The molecule has 7 heteroatoms. The molecule has 0 radical (unpaired) electrons. The van der Waals surface area contributed by atoms with E-state index in [9.17, 15) is 10.1 Å². The van der Waals surface area contributed by atoms with Crippen molar-refractivity contribution in [1.29, 1.82) is 5.26 Å². The van der Waals surface area contributed by atoms with Gasteiger partial charge in [0.15, 0.2) is 0 Å². The van der Waals surface area contributed by atoms with Gasteiger partial charge in [0.1, 0.15) is 0 Å². The predicted molar refractivity (Wildman–Crippen MR) is 112 cm³/mol. The summed E-state index contributed by atoms with van der Waals surface area (Å²) in [6.45, 7) is 0.826. The molecule has 1 N–H and O–H groups in total. The van der Waals surface area contributed by atoms with Crippen molar-refractivity contribution in [2.24, 2.45) is 0 Å². The number of nitrogens with one attached hydrogen (secondary N) is 1. The first kappa shape index (κ1) is 17.8. The summed E-state index contributed by atoms with van der Waals surface area (Å²) in [5, 5.41) is 11.3. The number of halogens is 1. The molecule has 3 aromatic rings. The van der Waals surface area contributed by atoms with E-state index in [1.54, 1.807) is 18.0 Å². The van der Waals surface area contributed by atoms with Crippen molar-refractivity contribution in [2.45, 2.75) is 11.3 Å². The number of anilines is 2. The van der Waals surface area contributed by atoms with Crippen LogP contribution >= 0.6 is 23.5 Å². The molecule has 0 fully saturated rings. The molecule has 0 saturated heterocycles. The number of fused-ring (bicyclic) bond motifs is 2. The third-order valence-corrected chi connectivity index (χ3v) is 6.13. The van der Waals surface area contributed by atoms with Gasteiger partial charge in [-0.25, -0.2) is 0 Å². The van der Waals surface area contributed by atoms with Crippen LogP contribution in [0.5, 0.6) is 0 Å². The second kappa shape index (κ2) is 6.84. The predicted octanol–water partition coefficient (Wildman–Crippen LogP) is 4.19. The summed E-state index contributed by atoms with van der Waals surface area (Å²) in [6, 6.07) is 11.7. The molecule has 0 aliphatic carbocycles. The van der Waals surface area contributed by atoms with Gasteiger partial charge in [-0.3, -0.25) is 4.79 Å². The van der Waals surface area contributed by atoms with E-state index in [0.29, 0.717) is 16.0 Å². The molecule has 1 aromatic heterocycles. The van der Waals surface area contributed by atoms with Crippen LogP contribution in [-0.4, -0.2) is 25.6 Å². The molecule has 4 rings (SSSR count). The average molecular weight is 397 g/mol. The highest BCUT2D eigenvalue weighted by atomic mass is 35.5. The van der Waals surface area contributed by atoms with E-state index in [1.165, 1.54) is 11.8 Å². The standard InChI is InChI=1S/C20H17ClN4OS/c1-24(2)16-8-12(10-22)9-17-13(16)6-7-25(17)27-18-5-3-4-14-19(18)15(21)11-23-20(14)26/h3-5,8-9,11H,6-7H2,1-2H3,(H,23,26). The molecule has 0 saturated carbocycles. The number of benzene rings is 2. The van der Waals surface area contributed by atoms with Gasteiger partial charge in [0.2, 0.25) is 0 Å². The largest absolute Gasteiger partial charge is 0.377 e. The lowest BCUT2D eigenvalue weighted by Crippen LogP contribution is -2.12. The fourth-order valence-corrected chi connectivity index (χ4v) is 4.90. The van der Waals surface area contributed by atoms with Crippen LogP contribution in [0.25, 0.3) is 10.8 Å². The van der Waals surface area contributed by atoms with E-state index in [0.717, 1.165) is 34.6 Å². The molecular weight excluding hydrogens is 380 g/mol. The van der Waals surface area contributed by atoms with Crippen LogP contribution in [-0.2, 0) is 6.42 Å². The van der Waals surface area contributed by atoms with Crippen molar-refractivity contribution < 1.29 is 0 Å². The fraction of sp³-hybridized carbons (Fsp3) is 0.200. The van der Waals surface area contributed by atoms with Crippen LogP contribution in [0.15, 0.2) is 46.2 Å². The average Bonchev–Trinajstić information content (AvgIpc) is 3.06. The van der Waals surface area contributed by atoms with Gasteiger partial charge in [-0.15, -0.1) is 0 Å². The lowest BCUT2D eigenvalue weighted by Gasteiger charge is -2.21. The summed E-state index contributed by atoms with van der Waals surface area (Å²) in [4.78, 5) is 17.8. The number of hydrogen-bond donors (Lipinski definition) is 1. The molecule has 27 heavy (non-hydrogen) atoms. The first-order valence-electron chi connectivity index (χ1n) is 8.49. The minimum Gasteiger partial charge on any atom is -0.377 e. The van der Waals surface area contributed by atoms with Crippen molar-refractivity contribution in [3.05, 3.63) is 63.0 Å². The molecule has 136 valence electrons. The number of pyridine rings is 1. The molecular formula is C20H17ClN4OS. The maximum atomic E-state index is 12.1. The van der Waals surface area contributed by atoms with Crippen LogP contribution in [0.1, 0.15) is 11.1 Å². The Labute approximate surface area is 166 Å². The van der Waals surface area contributed by atoms with E-state index < -0.39 is 0 Å². The van der Waals surface area contributed by atoms with Gasteiger partial charge in [-0.1, -0.05) is 17.7 Å². The number of rotatable bonds is 3. The summed E-state index contributed by atoms with van der Waals surface area (Å²) < 4.78 is 2.18. The van der Waals surface area contributed by atoms with Crippen molar-refractivity contribution in [2.75, 3.05) is 29.8 Å². The highest BCUT2D eigenvalue weighted by molar-refractivity contribution is 8.01. The van der Waals surface area contributed by atoms with Crippen LogP contribution in [0, 0.1) is 11.3 Å². The van der Waals surface area contributed by atoms with Crippen molar-refractivity contribution in [3.63, 3.8) is 0 Å². The number of H-pyrrole nitrogens is 1. The van der Waals surface area contributed by atoms with Crippen LogP contribution in [0.4, 0.5) is 11.4 Å². The zero-order valence-electron chi connectivity index (χ0n) is 14.9. The first-order valence-corrected chi connectivity index (χ1v) is 9.64. The quantitative estimate of drug-likeness (QED) is 0.672. The SMILES string of the molecule is CN(C)c1cc(C#N)cc2c1CCN2Sc1cccc2c(=O)[nH]cc(Cl)c12. The zero-order chi connectivity index (χ0) is 19.1. The van der Waals surface area contributed by atoms with Gasteiger partial charge >= 0.3 is 0 Å². The first-order chi connectivity index (χ1) is 13.0.